The van der Waals surface area contributed by atoms with Gasteiger partial charge in [-0.15, -0.1) is 0 Å². The number of benzene rings is 2. The fourth-order valence-electron chi connectivity index (χ4n) is 2.32. The maximum atomic E-state index is 11.4. The zero-order valence-electron chi connectivity index (χ0n) is 13.1. The molecule has 0 saturated heterocycles. The third-order valence-electron chi connectivity index (χ3n) is 3.82. The van der Waals surface area contributed by atoms with Crippen molar-refractivity contribution < 1.29 is 4.21 Å². The standard InChI is InChI=1S/C18H23NOS/c1-13-5-6-14(2)17(11-13)12-19-15(3)16-7-9-18(10-8-16)21(4)20/h5-11,15,19H,12H2,1-4H3. The van der Waals surface area contributed by atoms with Crippen LogP contribution in [0.5, 0.6) is 0 Å². The minimum Gasteiger partial charge on any atom is -0.306 e. The molecule has 0 amide bonds. The predicted molar refractivity (Wildman–Crippen MR) is 89.9 cm³/mol. The summed E-state index contributed by atoms with van der Waals surface area (Å²) in [6.07, 6.45) is 1.71. The summed E-state index contributed by atoms with van der Waals surface area (Å²) in [6.45, 7) is 7.28. The van der Waals surface area contributed by atoms with E-state index < -0.39 is 10.8 Å². The van der Waals surface area contributed by atoms with E-state index in [4.69, 9.17) is 0 Å². The Morgan fingerprint density at radius 2 is 1.76 bits per heavy atom. The monoisotopic (exact) mass is 301 g/mol. The molecule has 3 heteroatoms. The second kappa shape index (κ2) is 7.01. The number of aryl methyl sites for hydroxylation is 2. The van der Waals surface area contributed by atoms with Gasteiger partial charge in [-0.05, 0) is 49.6 Å². The maximum Gasteiger partial charge on any atom is 0.0498 e. The third kappa shape index (κ3) is 4.26. The predicted octanol–water partition coefficient (Wildman–Crippen LogP) is 3.89. The largest absolute Gasteiger partial charge is 0.306 e. The molecule has 0 saturated carbocycles. The van der Waals surface area contributed by atoms with Gasteiger partial charge in [0, 0.05) is 34.5 Å². The molecule has 0 spiro atoms. The van der Waals surface area contributed by atoms with Crippen LogP contribution >= 0.6 is 0 Å². The number of rotatable bonds is 5. The normalized spacial score (nSPS) is 13.9. The van der Waals surface area contributed by atoms with E-state index in [1.54, 1.807) is 6.26 Å². The molecule has 0 bridgehead atoms. The van der Waals surface area contributed by atoms with E-state index in [2.05, 4.69) is 56.4 Å². The van der Waals surface area contributed by atoms with Crippen LogP contribution in [0.2, 0.25) is 0 Å². The molecular weight excluding hydrogens is 278 g/mol. The van der Waals surface area contributed by atoms with E-state index >= 15 is 0 Å². The summed E-state index contributed by atoms with van der Waals surface area (Å²) in [5.41, 5.74) is 5.17. The molecule has 0 fully saturated rings. The molecule has 1 N–H and O–H groups in total. The molecule has 2 rings (SSSR count). The van der Waals surface area contributed by atoms with Gasteiger partial charge in [0.25, 0.3) is 0 Å². The Bertz CT molecular complexity index is 634. The molecule has 0 heterocycles. The fraction of sp³-hybridized carbons (Fsp3) is 0.333. The van der Waals surface area contributed by atoms with Crippen molar-refractivity contribution in [2.75, 3.05) is 6.26 Å². The van der Waals surface area contributed by atoms with Crippen LogP contribution in [-0.4, -0.2) is 10.5 Å². The lowest BCUT2D eigenvalue weighted by Crippen LogP contribution is -2.18. The molecular formula is C18H23NOS. The van der Waals surface area contributed by atoms with Crippen LogP contribution in [0.15, 0.2) is 47.4 Å². The Morgan fingerprint density at radius 3 is 2.38 bits per heavy atom. The molecule has 2 nitrogen and oxygen atoms in total. The van der Waals surface area contributed by atoms with Crippen molar-refractivity contribution in [3.05, 3.63) is 64.7 Å². The Morgan fingerprint density at radius 1 is 1.10 bits per heavy atom. The van der Waals surface area contributed by atoms with Gasteiger partial charge in [-0.3, -0.25) is 4.21 Å². The molecule has 2 unspecified atom stereocenters. The topological polar surface area (TPSA) is 29.1 Å². The average molecular weight is 301 g/mol. The van der Waals surface area contributed by atoms with Crippen molar-refractivity contribution in [2.24, 2.45) is 0 Å². The molecule has 2 aromatic carbocycles. The molecule has 0 aliphatic heterocycles. The first-order chi connectivity index (χ1) is 9.97. The first-order valence-electron chi connectivity index (χ1n) is 7.20. The van der Waals surface area contributed by atoms with Gasteiger partial charge in [0.1, 0.15) is 0 Å². The minimum absolute atomic E-state index is 0.268. The first-order valence-corrected chi connectivity index (χ1v) is 8.76. The van der Waals surface area contributed by atoms with Crippen LogP contribution in [-0.2, 0) is 17.3 Å². The highest BCUT2D eigenvalue weighted by Crippen LogP contribution is 2.17. The second-order valence-electron chi connectivity index (χ2n) is 5.56. The first kappa shape index (κ1) is 15.9. The van der Waals surface area contributed by atoms with Gasteiger partial charge in [-0.1, -0.05) is 35.9 Å². The Balaban J connectivity index is 2.02. The smallest absolute Gasteiger partial charge is 0.0498 e. The Hall–Kier alpha value is -1.45. The lowest BCUT2D eigenvalue weighted by Gasteiger charge is -2.16. The van der Waals surface area contributed by atoms with Crippen LogP contribution in [0, 0.1) is 13.8 Å². The van der Waals surface area contributed by atoms with E-state index in [1.165, 1.54) is 22.3 Å². The summed E-state index contributed by atoms with van der Waals surface area (Å²) < 4.78 is 11.4. The number of hydrogen-bond acceptors (Lipinski definition) is 2. The number of hydrogen-bond donors (Lipinski definition) is 1. The highest BCUT2D eigenvalue weighted by Gasteiger charge is 2.07. The van der Waals surface area contributed by atoms with Crippen molar-refractivity contribution in [2.45, 2.75) is 38.3 Å². The van der Waals surface area contributed by atoms with Gasteiger partial charge in [-0.2, -0.15) is 0 Å². The van der Waals surface area contributed by atoms with Crippen LogP contribution in [0.4, 0.5) is 0 Å². The van der Waals surface area contributed by atoms with Crippen molar-refractivity contribution >= 4 is 10.8 Å². The highest BCUT2D eigenvalue weighted by molar-refractivity contribution is 7.84. The molecule has 2 atom stereocenters. The van der Waals surface area contributed by atoms with E-state index in [1.807, 2.05) is 12.1 Å². The maximum absolute atomic E-state index is 11.4. The fourth-order valence-corrected chi connectivity index (χ4v) is 2.84. The van der Waals surface area contributed by atoms with Gasteiger partial charge < -0.3 is 5.32 Å². The SMILES string of the molecule is Cc1ccc(C)c(CNC(C)c2ccc(S(C)=O)cc2)c1. The van der Waals surface area contributed by atoms with E-state index in [9.17, 15) is 4.21 Å². The lowest BCUT2D eigenvalue weighted by molar-refractivity contribution is 0.573. The summed E-state index contributed by atoms with van der Waals surface area (Å²) in [5, 5.41) is 3.56. The van der Waals surface area contributed by atoms with Crippen LogP contribution in [0.3, 0.4) is 0 Å². The summed E-state index contributed by atoms with van der Waals surface area (Å²) in [6, 6.07) is 14.8. The quantitative estimate of drug-likeness (QED) is 0.907. The van der Waals surface area contributed by atoms with Crippen LogP contribution in [0.25, 0.3) is 0 Å². The lowest BCUT2D eigenvalue weighted by atomic mass is 10.0. The van der Waals surface area contributed by atoms with E-state index in [-0.39, 0.29) is 6.04 Å². The zero-order chi connectivity index (χ0) is 15.4. The van der Waals surface area contributed by atoms with E-state index in [0.29, 0.717) is 0 Å². The second-order valence-corrected chi connectivity index (χ2v) is 6.94. The van der Waals surface area contributed by atoms with Crippen LogP contribution < -0.4 is 5.32 Å². The van der Waals surface area contributed by atoms with Gasteiger partial charge in [0.05, 0.1) is 0 Å². The van der Waals surface area contributed by atoms with Crippen molar-refractivity contribution in [1.82, 2.24) is 5.32 Å². The van der Waals surface area contributed by atoms with Gasteiger partial charge in [0.2, 0.25) is 0 Å². The molecule has 0 aromatic heterocycles. The molecule has 112 valence electrons. The van der Waals surface area contributed by atoms with Crippen LogP contribution in [0.1, 0.15) is 35.2 Å². The Labute approximate surface area is 130 Å². The van der Waals surface area contributed by atoms with Crippen molar-refractivity contribution in [1.29, 1.82) is 0 Å². The third-order valence-corrected chi connectivity index (χ3v) is 4.75. The molecule has 21 heavy (non-hydrogen) atoms. The van der Waals surface area contributed by atoms with Crippen molar-refractivity contribution in [3.8, 4) is 0 Å². The summed E-state index contributed by atoms with van der Waals surface area (Å²) >= 11 is 0. The molecule has 0 radical (unpaired) electrons. The van der Waals surface area contributed by atoms with Gasteiger partial charge >= 0.3 is 0 Å². The number of nitrogens with one attached hydrogen (secondary N) is 1. The summed E-state index contributed by atoms with van der Waals surface area (Å²) in [4.78, 5) is 0.875. The van der Waals surface area contributed by atoms with Crippen molar-refractivity contribution in [3.63, 3.8) is 0 Å². The highest BCUT2D eigenvalue weighted by atomic mass is 32.2. The summed E-state index contributed by atoms with van der Waals surface area (Å²) in [5.74, 6) is 0. The minimum atomic E-state index is -0.910. The zero-order valence-corrected chi connectivity index (χ0v) is 14.0. The van der Waals surface area contributed by atoms with Gasteiger partial charge in [0.15, 0.2) is 0 Å². The molecule has 2 aromatic rings. The molecule has 0 aliphatic rings. The average Bonchev–Trinajstić information content (AvgIpc) is 2.48. The summed E-state index contributed by atoms with van der Waals surface area (Å²) in [7, 11) is -0.910. The van der Waals surface area contributed by atoms with Gasteiger partial charge in [-0.25, -0.2) is 0 Å². The molecule has 0 aliphatic carbocycles. The Kier molecular flexibility index (Phi) is 5.32. The van der Waals surface area contributed by atoms with E-state index in [0.717, 1.165) is 11.4 Å².